The first-order valence-electron chi connectivity index (χ1n) is 8.96. The van der Waals surface area contributed by atoms with Gasteiger partial charge in [0.25, 0.3) is 15.9 Å². The third-order valence-electron chi connectivity index (χ3n) is 4.81. The molecule has 2 aromatic carbocycles. The van der Waals surface area contributed by atoms with Crippen LogP contribution in [-0.2, 0) is 10.0 Å². The predicted octanol–water partition coefficient (Wildman–Crippen LogP) is 3.37. The number of nitrogens with zero attached hydrogens (tertiary/aromatic N) is 1. The van der Waals surface area contributed by atoms with E-state index in [2.05, 4.69) is 11.6 Å². The van der Waals surface area contributed by atoms with Crippen molar-refractivity contribution in [1.82, 2.24) is 4.90 Å². The van der Waals surface area contributed by atoms with E-state index in [1.165, 1.54) is 25.3 Å². The fraction of sp³-hybridized carbons (Fsp3) is 0.350. The molecule has 0 atom stereocenters. The van der Waals surface area contributed by atoms with Crippen molar-refractivity contribution in [3.63, 3.8) is 0 Å². The standard InChI is InChI=1S/C20H24N2O4S/c1-15-10-12-22(13-11-15)20(23)18-14-17(8-9-19(18)26-2)27(24,25)21-16-6-4-3-5-7-16/h3-9,14-15,21H,10-13H2,1-2H3. The second-order valence-electron chi connectivity index (χ2n) is 6.81. The molecule has 1 amide bonds. The summed E-state index contributed by atoms with van der Waals surface area (Å²) in [5.74, 6) is 0.769. The molecule has 1 saturated heterocycles. The van der Waals surface area contributed by atoms with E-state index < -0.39 is 10.0 Å². The van der Waals surface area contributed by atoms with Gasteiger partial charge in [-0.15, -0.1) is 0 Å². The van der Waals surface area contributed by atoms with Crippen molar-refractivity contribution in [2.45, 2.75) is 24.7 Å². The molecule has 1 heterocycles. The first-order chi connectivity index (χ1) is 12.9. The van der Waals surface area contributed by atoms with Gasteiger partial charge >= 0.3 is 0 Å². The summed E-state index contributed by atoms with van der Waals surface area (Å²) < 4.78 is 33.3. The zero-order chi connectivity index (χ0) is 19.4. The van der Waals surface area contributed by atoms with Crippen LogP contribution in [0.3, 0.4) is 0 Å². The molecule has 1 N–H and O–H groups in total. The molecule has 0 saturated carbocycles. The minimum atomic E-state index is -3.81. The van der Waals surface area contributed by atoms with E-state index in [0.717, 1.165) is 12.8 Å². The van der Waals surface area contributed by atoms with Gasteiger partial charge in [-0.25, -0.2) is 8.42 Å². The van der Waals surface area contributed by atoms with E-state index >= 15 is 0 Å². The van der Waals surface area contributed by atoms with Gasteiger partial charge in [0.1, 0.15) is 5.75 Å². The summed E-state index contributed by atoms with van der Waals surface area (Å²) in [5, 5.41) is 0. The van der Waals surface area contributed by atoms with Crippen molar-refractivity contribution >= 4 is 21.6 Å². The van der Waals surface area contributed by atoms with Crippen molar-refractivity contribution in [2.75, 3.05) is 24.9 Å². The number of ether oxygens (including phenoxy) is 1. The number of rotatable bonds is 5. The highest BCUT2D eigenvalue weighted by Gasteiger charge is 2.26. The van der Waals surface area contributed by atoms with E-state index in [1.54, 1.807) is 35.2 Å². The average molecular weight is 388 g/mol. The quantitative estimate of drug-likeness (QED) is 0.852. The summed E-state index contributed by atoms with van der Waals surface area (Å²) in [6, 6.07) is 13.0. The minimum absolute atomic E-state index is 0.0286. The summed E-state index contributed by atoms with van der Waals surface area (Å²) >= 11 is 0. The van der Waals surface area contributed by atoms with Crippen LogP contribution in [0.1, 0.15) is 30.1 Å². The van der Waals surface area contributed by atoms with Gasteiger partial charge in [0.2, 0.25) is 0 Å². The number of anilines is 1. The number of methoxy groups -OCH3 is 1. The molecule has 0 aromatic heterocycles. The van der Waals surface area contributed by atoms with Gasteiger partial charge in [-0.05, 0) is 49.1 Å². The number of amides is 1. The summed E-state index contributed by atoms with van der Waals surface area (Å²) in [6.45, 7) is 3.51. The molecule has 0 aliphatic carbocycles. The molecule has 1 fully saturated rings. The van der Waals surface area contributed by atoms with Gasteiger partial charge in [0, 0.05) is 18.8 Å². The first kappa shape index (κ1) is 19.2. The van der Waals surface area contributed by atoms with Gasteiger partial charge in [0.05, 0.1) is 17.6 Å². The number of benzene rings is 2. The zero-order valence-electron chi connectivity index (χ0n) is 15.5. The molecule has 144 valence electrons. The number of piperidine rings is 1. The lowest BCUT2D eigenvalue weighted by atomic mass is 9.98. The summed E-state index contributed by atoms with van der Waals surface area (Å²) in [4.78, 5) is 14.7. The Morgan fingerprint density at radius 1 is 1.11 bits per heavy atom. The molecule has 1 aliphatic heterocycles. The maximum atomic E-state index is 13.0. The highest BCUT2D eigenvalue weighted by molar-refractivity contribution is 7.92. The largest absolute Gasteiger partial charge is 0.496 e. The summed E-state index contributed by atoms with van der Waals surface area (Å²) in [6.07, 6.45) is 1.89. The van der Waals surface area contributed by atoms with E-state index in [1.807, 2.05) is 0 Å². The number of para-hydroxylation sites is 1. The van der Waals surface area contributed by atoms with Gasteiger partial charge in [0.15, 0.2) is 0 Å². The zero-order valence-corrected chi connectivity index (χ0v) is 16.3. The van der Waals surface area contributed by atoms with Crippen LogP contribution in [0.2, 0.25) is 0 Å². The first-order valence-corrected chi connectivity index (χ1v) is 10.4. The Morgan fingerprint density at radius 2 is 1.78 bits per heavy atom. The van der Waals surface area contributed by atoms with Crippen LogP contribution in [0.5, 0.6) is 5.75 Å². The molecular formula is C20H24N2O4S. The van der Waals surface area contributed by atoms with Crippen molar-refractivity contribution in [3.05, 3.63) is 54.1 Å². The van der Waals surface area contributed by atoms with E-state index in [4.69, 9.17) is 4.74 Å². The van der Waals surface area contributed by atoms with E-state index in [-0.39, 0.29) is 16.4 Å². The molecule has 0 radical (unpaired) electrons. The number of hydrogen-bond donors (Lipinski definition) is 1. The molecule has 0 unspecified atom stereocenters. The lowest BCUT2D eigenvalue weighted by molar-refractivity contribution is 0.0693. The highest BCUT2D eigenvalue weighted by Crippen LogP contribution is 2.27. The van der Waals surface area contributed by atoms with Crippen LogP contribution in [-0.4, -0.2) is 39.4 Å². The Balaban J connectivity index is 1.90. The smallest absolute Gasteiger partial charge is 0.261 e. The monoisotopic (exact) mass is 388 g/mol. The van der Waals surface area contributed by atoms with E-state index in [0.29, 0.717) is 30.4 Å². The molecule has 1 aliphatic rings. The molecule has 0 bridgehead atoms. The van der Waals surface area contributed by atoms with Crippen LogP contribution in [0.25, 0.3) is 0 Å². The molecule has 0 spiro atoms. The van der Waals surface area contributed by atoms with Gasteiger partial charge in [-0.2, -0.15) is 0 Å². The Morgan fingerprint density at radius 3 is 2.41 bits per heavy atom. The number of carbonyl (C=O) groups is 1. The molecule has 2 aromatic rings. The molecule has 7 heteroatoms. The third kappa shape index (κ3) is 4.42. The Hall–Kier alpha value is -2.54. The fourth-order valence-corrected chi connectivity index (χ4v) is 4.21. The number of nitrogens with one attached hydrogen (secondary N) is 1. The minimum Gasteiger partial charge on any atom is -0.496 e. The Labute approximate surface area is 160 Å². The van der Waals surface area contributed by atoms with Gasteiger partial charge < -0.3 is 9.64 Å². The van der Waals surface area contributed by atoms with Crippen LogP contribution < -0.4 is 9.46 Å². The maximum absolute atomic E-state index is 13.0. The predicted molar refractivity (Wildman–Crippen MR) is 105 cm³/mol. The Bertz CT molecular complexity index is 905. The number of hydrogen-bond acceptors (Lipinski definition) is 4. The topological polar surface area (TPSA) is 75.7 Å². The number of likely N-dealkylation sites (tertiary alicyclic amines) is 1. The van der Waals surface area contributed by atoms with Crippen LogP contribution in [0, 0.1) is 5.92 Å². The van der Waals surface area contributed by atoms with Crippen LogP contribution in [0.15, 0.2) is 53.4 Å². The summed E-state index contributed by atoms with van der Waals surface area (Å²) in [7, 11) is -2.34. The molecule has 3 rings (SSSR count). The SMILES string of the molecule is COc1ccc(S(=O)(=O)Nc2ccccc2)cc1C(=O)N1CCC(C)CC1. The van der Waals surface area contributed by atoms with Gasteiger partial charge in [-0.3, -0.25) is 9.52 Å². The Kier molecular flexibility index (Phi) is 5.70. The number of carbonyl (C=O) groups excluding carboxylic acids is 1. The second kappa shape index (κ2) is 8.00. The maximum Gasteiger partial charge on any atom is 0.261 e. The molecular weight excluding hydrogens is 364 g/mol. The van der Waals surface area contributed by atoms with Crippen molar-refractivity contribution in [3.8, 4) is 5.75 Å². The lowest BCUT2D eigenvalue weighted by Gasteiger charge is -2.30. The third-order valence-corrected chi connectivity index (χ3v) is 6.19. The fourth-order valence-electron chi connectivity index (χ4n) is 3.12. The average Bonchev–Trinajstić information content (AvgIpc) is 2.68. The van der Waals surface area contributed by atoms with Crippen molar-refractivity contribution < 1.29 is 17.9 Å². The van der Waals surface area contributed by atoms with E-state index in [9.17, 15) is 13.2 Å². The van der Waals surface area contributed by atoms with Crippen LogP contribution >= 0.6 is 0 Å². The van der Waals surface area contributed by atoms with Crippen molar-refractivity contribution in [1.29, 1.82) is 0 Å². The van der Waals surface area contributed by atoms with Crippen LogP contribution in [0.4, 0.5) is 5.69 Å². The highest BCUT2D eigenvalue weighted by atomic mass is 32.2. The lowest BCUT2D eigenvalue weighted by Crippen LogP contribution is -2.38. The number of sulfonamides is 1. The molecule has 27 heavy (non-hydrogen) atoms. The normalized spacial score (nSPS) is 15.4. The molecule has 6 nitrogen and oxygen atoms in total. The van der Waals surface area contributed by atoms with Crippen molar-refractivity contribution in [2.24, 2.45) is 5.92 Å². The van der Waals surface area contributed by atoms with Gasteiger partial charge in [-0.1, -0.05) is 25.1 Å². The summed E-state index contributed by atoms with van der Waals surface area (Å²) in [5.41, 5.74) is 0.731. The second-order valence-corrected chi connectivity index (χ2v) is 8.49.